The molecule has 1 atom stereocenters. The van der Waals surface area contributed by atoms with Gasteiger partial charge in [0.25, 0.3) is 0 Å². The normalized spacial score (nSPS) is 16.5. The summed E-state index contributed by atoms with van der Waals surface area (Å²) in [5.41, 5.74) is 11.8. The molecule has 21 heavy (non-hydrogen) atoms. The summed E-state index contributed by atoms with van der Waals surface area (Å²) < 4.78 is 11.3. The van der Waals surface area contributed by atoms with Crippen LogP contribution in [0.2, 0.25) is 0 Å². The highest BCUT2D eigenvalue weighted by Gasteiger charge is 2.25. The number of methoxy groups -OCH3 is 1. The molecule has 1 heterocycles. The van der Waals surface area contributed by atoms with E-state index in [1.165, 1.54) is 22.3 Å². The van der Waals surface area contributed by atoms with Crippen LogP contribution in [0, 0.1) is 13.8 Å². The van der Waals surface area contributed by atoms with E-state index in [4.69, 9.17) is 15.2 Å². The average Bonchev–Trinajstić information content (AvgIpc) is 2.89. The van der Waals surface area contributed by atoms with Crippen LogP contribution in [0.15, 0.2) is 30.3 Å². The van der Waals surface area contributed by atoms with Crippen LogP contribution in [0.4, 0.5) is 0 Å². The van der Waals surface area contributed by atoms with Crippen molar-refractivity contribution < 1.29 is 9.47 Å². The Balaban J connectivity index is 2.12. The van der Waals surface area contributed by atoms with Crippen molar-refractivity contribution in [1.82, 2.24) is 0 Å². The lowest BCUT2D eigenvalue weighted by molar-refractivity contribution is 0.242. The van der Waals surface area contributed by atoms with E-state index in [0.717, 1.165) is 23.5 Å². The van der Waals surface area contributed by atoms with Gasteiger partial charge in [-0.1, -0.05) is 12.1 Å². The van der Waals surface area contributed by atoms with Gasteiger partial charge in [0.1, 0.15) is 17.6 Å². The van der Waals surface area contributed by atoms with Gasteiger partial charge in [0.05, 0.1) is 7.11 Å². The van der Waals surface area contributed by atoms with E-state index in [2.05, 4.69) is 38.1 Å². The molecule has 2 aromatic carbocycles. The van der Waals surface area contributed by atoms with Crippen molar-refractivity contribution in [3.05, 3.63) is 47.0 Å². The van der Waals surface area contributed by atoms with Gasteiger partial charge in [-0.3, -0.25) is 0 Å². The zero-order valence-corrected chi connectivity index (χ0v) is 12.8. The van der Waals surface area contributed by atoms with Gasteiger partial charge in [-0.05, 0) is 54.3 Å². The summed E-state index contributed by atoms with van der Waals surface area (Å²) in [6.45, 7) is 4.77. The smallest absolute Gasteiger partial charge is 0.130 e. The minimum absolute atomic E-state index is 0.0964. The van der Waals surface area contributed by atoms with Crippen molar-refractivity contribution in [3.63, 3.8) is 0 Å². The molecule has 3 heteroatoms. The molecule has 0 bridgehead atoms. The van der Waals surface area contributed by atoms with E-state index in [1.54, 1.807) is 7.11 Å². The second-order valence-corrected chi connectivity index (χ2v) is 5.66. The van der Waals surface area contributed by atoms with Crippen LogP contribution in [-0.4, -0.2) is 19.8 Å². The number of ether oxygens (including phenoxy) is 2. The van der Waals surface area contributed by atoms with E-state index >= 15 is 0 Å². The Kier molecular flexibility index (Phi) is 3.60. The third-order valence-corrected chi connectivity index (χ3v) is 4.03. The van der Waals surface area contributed by atoms with Crippen LogP contribution in [0.25, 0.3) is 11.1 Å². The van der Waals surface area contributed by atoms with Crippen molar-refractivity contribution in [1.29, 1.82) is 0 Å². The second kappa shape index (κ2) is 5.41. The fraction of sp³-hybridized carbons (Fsp3) is 0.333. The molecule has 0 radical (unpaired) electrons. The Hall–Kier alpha value is -2.00. The monoisotopic (exact) mass is 283 g/mol. The molecular weight excluding hydrogens is 262 g/mol. The molecule has 0 fully saturated rings. The van der Waals surface area contributed by atoms with Crippen LogP contribution in [0.3, 0.4) is 0 Å². The standard InChI is InChI=1S/C18H21NO2/c1-11-6-13-9-15(10-19)21-18(13)17(7-11)16-5-4-14(20-3)8-12(16)2/h4-8,15H,9-10,19H2,1-3H3/t15-/m1/s1. The van der Waals surface area contributed by atoms with E-state index in [1.807, 2.05) is 6.07 Å². The summed E-state index contributed by atoms with van der Waals surface area (Å²) in [5, 5.41) is 0. The minimum Gasteiger partial charge on any atom is -0.497 e. The van der Waals surface area contributed by atoms with Gasteiger partial charge in [0.15, 0.2) is 0 Å². The number of nitrogens with two attached hydrogens (primary N) is 1. The van der Waals surface area contributed by atoms with Gasteiger partial charge < -0.3 is 15.2 Å². The molecule has 1 aliphatic heterocycles. The predicted octanol–water partition coefficient (Wildman–Crippen LogP) is 3.24. The summed E-state index contributed by atoms with van der Waals surface area (Å²) >= 11 is 0. The summed E-state index contributed by atoms with van der Waals surface area (Å²) in [6.07, 6.45) is 0.995. The molecule has 2 aromatic rings. The van der Waals surface area contributed by atoms with Crippen LogP contribution >= 0.6 is 0 Å². The van der Waals surface area contributed by atoms with E-state index in [9.17, 15) is 0 Å². The third kappa shape index (κ3) is 2.49. The zero-order valence-electron chi connectivity index (χ0n) is 12.8. The Morgan fingerprint density at radius 2 is 2.00 bits per heavy atom. The Morgan fingerprint density at radius 1 is 1.19 bits per heavy atom. The molecule has 0 saturated heterocycles. The maximum Gasteiger partial charge on any atom is 0.130 e. The molecule has 0 amide bonds. The van der Waals surface area contributed by atoms with Gasteiger partial charge in [-0.15, -0.1) is 0 Å². The number of hydrogen-bond donors (Lipinski definition) is 1. The second-order valence-electron chi connectivity index (χ2n) is 5.66. The molecule has 3 nitrogen and oxygen atoms in total. The molecular formula is C18H21NO2. The first kappa shape index (κ1) is 14.0. The first-order valence-electron chi connectivity index (χ1n) is 7.27. The topological polar surface area (TPSA) is 44.5 Å². The Labute approximate surface area is 125 Å². The molecule has 110 valence electrons. The highest BCUT2D eigenvalue weighted by atomic mass is 16.5. The lowest BCUT2D eigenvalue weighted by atomic mass is 9.95. The minimum atomic E-state index is 0.0964. The number of benzene rings is 2. The SMILES string of the molecule is COc1ccc(-c2cc(C)cc3c2O[C@@H](CN)C3)c(C)c1. The van der Waals surface area contributed by atoms with Crippen molar-refractivity contribution in [3.8, 4) is 22.6 Å². The van der Waals surface area contributed by atoms with Crippen molar-refractivity contribution in [2.24, 2.45) is 5.73 Å². The van der Waals surface area contributed by atoms with E-state index < -0.39 is 0 Å². The van der Waals surface area contributed by atoms with Gasteiger partial charge in [-0.2, -0.15) is 0 Å². The fourth-order valence-electron chi connectivity index (χ4n) is 2.99. The maximum absolute atomic E-state index is 6.05. The largest absolute Gasteiger partial charge is 0.497 e. The van der Waals surface area contributed by atoms with Crippen LogP contribution in [0.1, 0.15) is 16.7 Å². The molecule has 3 rings (SSSR count). The van der Waals surface area contributed by atoms with Crippen molar-refractivity contribution >= 4 is 0 Å². The first-order chi connectivity index (χ1) is 10.1. The predicted molar refractivity (Wildman–Crippen MR) is 85.1 cm³/mol. The lowest BCUT2D eigenvalue weighted by Crippen LogP contribution is -2.24. The molecule has 0 spiro atoms. The Morgan fingerprint density at radius 3 is 2.67 bits per heavy atom. The van der Waals surface area contributed by atoms with Crippen molar-refractivity contribution in [2.45, 2.75) is 26.4 Å². The molecule has 0 unspecified atom stereocenters. The fourth-order valence-corrected chi connectivity index (χ4v) is 2.99. The summed E-state index contributed by atoms with van der Waals surface area (Å²) in [7, 11) is 1.69. The van der Waals surface area contributed by atoms with Gasteiger partial charge in [-0.25, -0.2) is 0 Å². The van der Waals surface area contributed by atoms with E-state index in [-0.39, 0.29) is 6.10 Å². The summed E-state index contributed by atoms with van der Waals surface area (Å²) in [4.78, 5) is 0. The lowest BCUT2D eigenvalue weighted by Gasteiger charge is -2.14. The molecule has 0 aliphatic carbocycles. The summed E-state index contributed by atoms with van der Waals surface area (Å²) in [6, 6.07) is 10.5. The highest BCUT2D eigenvalue weighted by Crippen LogP contribution is 2.41. The van der Waals surface area contributed by atoms with Crippen LogP contribution in [-0.2, 0) is 6.42 Å². The zero-order chi connectivity index (χ0) is 15.0. The van der Waals surface area contributed by atoms with E-state index in [0.29, 0.717) is 6.54 Å². The number of fused-ring (bicyclic) bond motifs is 1. The summed E-state index contributed by atoms with van der Waals surface area (Å²) in [5.74, 6) is 1.87. The highest BCUT2D eigenvalue weighted by molar-refractivity contribution is 5.77. The van der Waals surface area contributed by atoms with Gasteiger partial charge in [0, 0.05) is 18.5 Å². The number of aryl methyl sites for hydroxylation is 2. The molecule has 0 aromatic heterocycles. The first-order valence-corrected chi connectivity index (χ1v) is 7.27. The Bertz CT molecular complexity index is 679. The van der Waals surface area contributed by atoms with Crippen LogP contribution < -0.4 is 15.2 Å². The van der Waals surface area contributed by atoms with Gasteiger partial charge in [0.2, 0.25) is 0 Å². The van der Waals surface area contributed by atoms with Crippen molar-refractivity contribution in [2.75, 3.05) is 13.7 Å². The van der Waals surface area contributed by atoms with Crippen LogP contribution in [0.5, 0.6) is 11.5 Å². The van der Waals surface area contributed by atoms with Gasteiger partial charge >= 0.3 is 0 Å². The maximum atomic E-state index is 6.05. The molecule has 1 aliphatic rings. The third-order valence-electron chi connectivity index (χ3n) is 4.03. The molecule has 0 saturated carbocycles. The number of hydrogen-bond acceptors (Lipinski definition) is 3. The number of rotatable bonds is 3. The quantitative estimate of drug-likeness (QED) is 0.940. The average molecular weight is 283 g/mol. The molecule has 2 N–H and O–H groups in total.